The molecule has 1 N–H and O–H groups in total. The molecule has 4 nitrogen and oxygen atoms in total. The van der Waals surface area contributed by atoms with Gasteiger partial charge in [-0.15, -0.1) is 5.10 Å². The van der Waals surface area contributed by atoms with E-state index < -0.39 is 5.76 Å². The smallest absolute Gasteiger partial charge is 0.392 e. The van der Waals surface area contributed by atoms with Crippen LogP contribution in [0, 0.1) is 0 Å². The van der Waals surface area contributed by atoms with Crippen LogP contribution in [0.3, 0.4) is 0 Å². The van der Waals surface area contributed by atoms with Crippen LogP contribution in [0.25, 0.3) is 0 Å². The van der Waals surface area contributed by atoms with Gasteiger partial charge >= 0.3 is 5.76 Å². The molecular formula is C9H16N2O2. The van der Waals surface area contributed by atoms with Gasteiger partial charge in [-0.05, 0) is 12.8 Å². The van der Waals surface area contributed by atoms with E-state index in [9.17, 15) is 4.79 Å². The van der Waals surface area contributed by atoms with Crippen molar-refractivity contribution in [3.8, 4) is 0 Å². The standard InChI is InChI=1S/C9H16N2O2/c1-3-5-6-7(4-2)8-10-11-9(12)13-8/h7H,3-6H2,1-2H3,(H,11,12). The number of aromatic nitrogens is 2. The summed E-state index contributed by atoms with van der Waals surface area (Å²) in [5, 5.41) is 6.12. The molecule has 1 rings (SSSR count). The molecule has 4 heteroatoms. The summed E-state index contributed by atoms with van der Waals surface area (Å²) in [6.07, 6.45) is 4.31. The third-order valence-electron chi connectivity index (χ3n) is 2.20. The average Bonchev–Trinajstić information content (AvgIpc) is 2.54. The number of rotatable bonds is 5. The molecule has 0 spiro atoms. The maximum Gasteiger partial charge on any atom is 0.434 e. The predicted molar refractivity (Wildman–Crippen MR) is 49.7 cm³/mol. The predicted octanol–water partition coefficient (Wildman–Crippen LogP) is 2.05. The summed E-state index contributed by atoms with van der Waals surface area (Å²) in [6.45, 7) is 4.22. The van der Waals surface area contributed by atoms with Crippen molar-refractivity contribution in [1.29, 1.82) is 0 Å². The molecule has 0 radical (unpaired) electrons. The van der Waals surface area contributed by atoms with Gasteiger partial charge in [-0.2, -0.15) is 0 Å². The molecule has 0 saturated carbocycles. The van der Waals surface area contributed by atoms with Crippen molar-refractivity contribution < 1.29 is 4.42 Å². The number of hydrogen-bond donors (Lipinski definition) is 1. The number of hydrogen-bond acceptors (Lipinski definition) is 3. The summed E-state index contributed by atoms with van der Waals surface area (Å²) in [4.78, 5) is 10.7. The van der Waals surface area contributed by atoms with E-state index in [1.807, 2.05) is 0 Å². The Morgan fingerprint density at radius 3 is 2.77 bits per heavy atom. The maximum atomic E-state index is 10.7. The minimum Gasteiger partial charge on any atom is -0.392 e. The van der Waals surface area contributed by atoms with Gasteiger partial charge < -0.3 is 4.42 Å². The van der Waals surface area contributed by atoms with Crippen molar-refractivity contribution in [3.05, 3.63) is 16.4 Å². The van der Waals surface area contributed by atoms with Gasteiger partial charge in [-0.3, -0.25) is 0 Å². The van der Waals surface area contributed by atoms with Crippen LogP contribution in [0.1, 0.15) is 51.3 Å². The van der Waals surface area contributed by atoms with Crippen LogP contribution < -0.4 is 5.76 Å². The van der Waals surface area contributed by atoms with Crippen LogP contribution in [-0.2, 0) is 0 Å². The lowest BCUT2D eigenvalue weighted by atomic mass is 10.00. The number of aromatic amines is 1. The minimum atomic E-state index is -0.454. The summed E-state index contributed by atoms with van der Waals surface area (Å²) in [6, 6.07) is 0. The second kappa shape index (κ2) is 4.84. The monoisotopic (exact) mass is 184 g/mol. The Morgan fingerprint density at radius 2 is 2.31 bits per heavy atom. The molecule has 0 saturated heterocycles. The van der Waals surface area contributed by atoms with Gasteiger partial charge in [-0.25, -0.2) is 9.89 Å². The number of nitrogens with one attached hydrogen (secondary N) is 1. The zero-order valence-electron chi connectivity index (χ0n) is 8.17. The van der Waals surface area contributed by atoms with Crippen LogP contribution in [0.4, 0.5) is 0 Å². The van der Waals surface area contributed by atoms with Crippen LogP contribution >= 0.6 is 0 Å². The SMILES string of the molecule is CCCCC(CC)c1n[nH]c(=O)o1. The molecule has 1 heterocycles. The topological polar surface area (TPSA) is 58.9 Å². The van der Waals surface area contributed by atoms with Crippen molar-refractivity contribution in [2.45, 2.75) is 45.4 Å². The molecule has 0 fully saturated rings. The minimum absolute atomic E-state index is 0.291. The molecule has 13 heavy (non-hydrogen) atoms. The molecule has 1 unspecified atom stereocenters. The lowest BCUT2D eigenvalue weighted by Crippen LogP contribution is -1.98. The van der Waals surface area contributed by atoms with E-state index in [4.69, 9.17) is 4.42 Å². The van der Waals surface area contributed by atoms with Gasteiger partial charge in [0, 0.05) is 5.92 Å². The zero-order valence-corrected chi connectivity index (χ0v) is 8.17. The molecule has 0 aliphatic rings. The van der Waals surface area contributed by atoms with E-state index >= 15 is 0 Å². The molecule has 1 aromatic heterocycles. The summed E-state index contributed by atoms with van der Waals surface area (Å²) in [7, 11) is 0. The Kier molecular flexibility index (Phi) is 3.73. The summed E-state index contributed by atoms with van der Waals surface area (Å²) < 4.78 is 4.91. The molecule has 0 aromatic carbocycles. The molecule has 0 amide bonds. The highest BCUT2D eigenvalue weighted by atomic mass is 16.4. The van der Waals surface area contributed by atoms with Crippen molar-refractivity contribution in [3.63, 3.8) is 0 Å². The quantitative estimate of drug-likeness (QED) is 0.761. The van der Waals surface area contributed by atoms with Gasteiger partial charge in [0.2, 0.25) is 5.89 Å². The van der Waals surface area contributed by atoms with Gasteiger partial charge in [0.05, 0.1) is 0 Å². The zero-order chi connectivity index (χ0) is 9.68. The molecule has 0 bridgehead atoms. The van der Waals surface area contributed by atoms with E-state index in [-0.39, 0.29) is 0 Å². The fourth-order valence-electron chi connectivity index (χ4n) is 1.37. The Morgan fingerprint density at radius 1 is 1.54 bits per heavy atom. The highest BCUT2D eigenvalue weighted by Gasteiger charge is 2.14. The summed E-state index contributed by atoms with van der Waals surface area (Å²) in [5.74, 6) is 0.393. The first kappa shape index (κ1) is 10.0. The van der Waals surface area contributed by atoms with Gasteiger partial charge in [0.1, 0.15) is 0 Å². The summed E-state index contributed by atoms with van der Waals surface area (Å²) >= 11 is 0. The first-order chi connectivity index (χ1) is 6.27. The third kappa shape index (κ3) is 2.72. The normalized spacial score (nSPS) is 13.1. The molecule has 74 valence electrons. The van der Waals surface area contributed by atoms with Crippen LogP contribution in [0.15, 0.2) is 9.21 Å². The lowest BCUT2D eigenvalue weighted by Gasteiger charge is -2.07. The van der Waals surface area contributed by atoms with E-state index in [2.05, 4.69) is 24.0 Å². The van der Waals surface area contributed by atoms with E-state index in [1.54, 1.807) is 0 Å². The van der Waals surface area contributed by atoms with Crippen LogP contribution in [-0.4, -0.2) is 10.2 Å². The average molecular weight is 184 g/mol. The molecule has 1 atom stereocenters. The third-order valence-corrected chi connectivity index (χ3v) is 2.20. The van der Waals surface area contributed by atoms with Crippen molar-refractivity contribution in [2.75, 3.05) is 0 Å². The van der Waals surface area contributed by atoms with Crippen molar-refractivity contribution in [2.24, 2.45) is 0 Å². The molecule has 0 aliphatic heterocycles. The van der Waals surface area contributed by atoms with E-state index in [0.717, 1.165) is 25.7 Å². The molecule has 1 aromatic rings. The van der Waals surface area contributed by atoms with E-state index in [1.165, 1.54) is 0 Å². The molecule has 0 aliphatic carbocycles. The number of nitrogens with zero attached hydrogens (tertiary/aromatic N) is 1. The fraction of sp³-hybridized carbons (Fsp3) is 0.778. The van der Waals surface area contributed by atoms with E-state index in [0.29, 0.717) is 11.8 Å². The second-order valence-corrected chi connectivity index (χ2v) is 3.20. The Hall–Kier alpha value is -1.06. The second-order valence-electron chi connectivity index (χ2n) is 3.20. The fourth-order valence-corrected chi connectivity index (χ4v) is 1.37. The first-order valence-electron chi connectivity index (χ1n) is 4.83. The highest BCUT2D eigenvalue weighted by molar-refractivity contribution is 4.86. The number of unbranched alkanes of at least 4 members (excludes halogenated alkanes) is 1. The Labute approximate surface area is 77.3 Å². The summed E-state index contributed by atoms with van der Waals surface area (Å²) in [5.41, 5.74) is 0. The highest BCUT2D eigenvalue weighted by Crippen LogP contribution is 2.22. The van der Waals surface area contributed by atoms with Crippen molar-refractivity contribution >= 4 is 0 Å². The van der Waals surface area contributed by atoms with Gasteiger partial charge in [0.25, 0.3) is 0 Å². The Balaban J connectivity index is 2.61. The lowest BCUT2D eigenvalue weighted by molar-refractivity contribution is 0.398. The Bertz CT molecular complexity index is 290. The van der Waals surface area contributed by atoms with Crippen LogP contribution in [0.5, 0.6) is 0 Å². The van der Waals surface area contributed by atoms with Crippen molar-refractivity contribution in [1.82, 2.24) is 10.2 Å². The largest absolute Gasteiger partial charge is 0.434 e. The first-order valence-corrected chi connectivity index (χ1v) is 4.83. The van der Waals surface area contributed by atoms with Gasteiger partial charge in [0.15, 0.2) is 0 Å². The maximum absolute atomic E-state index is 10.7. The molecular weight excluding hydrogens is 168 g/mol. The van der Waals surface area contributed by atoms with Crippen LogP contribution in [0.2, 0.25) is 0 Å². The van der Waals surface area contributed by atoms with Gasteiger partial charge in [-0.1, -0.05) is 26.7 Å². The number of H-pyrrole nitrogens is 1.